The van der Waals surface area contributed by atoms with Crippen molar-refractivity contribution >= 4 is 0 Å². The molecule has 1 saturated heterocycles. The molecule has 0 saturated carbocycles. The molecule has 1 fully saturated rings. The van der Waals surface area contributed by atoms with E-state index in [1.54, 1.807) is 12.2 Å². The zero-order valence-electron chi connectivity index (χ0n) is 10.1. The first-order valence-electron chi connectivity index (χ1n) is 5.69. The lowest BCUT2D eigenvalue weighted by Crippen LogP contribution is -2.31. The van der Waals surface area contributed by atoms with Gasteiger partial charge in [0.2, 0.25) is 0 Å². The standard InChI is InChI=1S/C13H22O3/c1-4-6-14-10-13(3,8-12-9-16-12)11-15-7-5-2/h4-5,12H,1-2,6-11H2,3H3. The molecule has 3 heteroatoms. The third kappa shape index (κ3) is 5.45. The van der Waals surface area contributed by atoms with E-state index in [0.717, 1.165) is 13.0 Å². The SMILES string of the molecule is C=CCOCC(C)(COCC=C)CC1CO1. The second kappa shape index (κ2) is 6.84. The van der Waals surface area contributed by atoms with Crippen LogP contribution in [-0.2, 0) is 14.2 Å². The van der Waals surface area contributed by atoms with Crippen LogP contribution in [0, 0.1) is 5.41 Å². The third-order valence-electron chi connectivity index (χ3n) is 2.50. The molecular formula is C13H22O3. The second-order valence-corrected chi connectivity index (χ2v) is 4.58. The molecule has 0 aromatic carbocycles. The van der Waals surface area contributed by atoms with E-state index in [-0.39, 0.29) is 5.41 Å². The highest BCUT2D eigenvalue weighted by molar-refractivity contribution is 4.84. The Labute approximate surface area is 98.1 Å². The third-order valence-corrected chi connectivity index (χ3v) is 2.50. The summed E-state index contributed by atoms with van der Waals surface area (Å²) in [7, 11) is 0. The maximum Gasteiger partial charge on any atom is 0.0816 e. The summed E-state index contributed by atoms with van der Waals surface area (Å²) in [5.74, 6) is 0. The zero-order chi connectivity index (χ0) is 11.9. The van der Waals surface area contributed by atoms with Crippen LogP contribution in [0.15, 0.2) is 25.3 Å². The van der Waals surface area contributed by atoms with Gasteiger partial charge in [-0.25, -0.2) is 0 Å². The lowest BCUT2D eigenvalue weighted by atomic mass is 9.87. The van der Waals surface area contributed by atoms with E-state index in [1.807, 2.05) is 0 Å². The average molecular weight is 226 g/mol. The van der Waals surface area contributed by atoms with E-state index in [9.17, 15) is 0 Å². The minimum Gasteiger partial charge on any atom is -0.377 e. The fourth-order valence-corrected chi connectivity index (χ4v) is 1.67. The Kier molecular flexibility index (Phi) is 5.74. The number of epoxide rings is 1. The minimum atomic E-state index is 0.0210. The molecule has 1 atom stereocenters. The summed E-state index contributed by atoms with van der Waals surface area (Å²) in [6, 6.07) is 0. The molecule has 1 unspecified atom stereocenters. The maximum absolute atomic E-state index is 5.53. The summed E-state index contributed by atoms with van der Waals surface area (Å²) in [5, 5.41) is 0. The Morgan fingerprint density at radius 2 is 1.75 bits per heavy atom. The van der Waals surface area contributed by atoms with Crippen molar-refractivity contribution in [3.05, 3.63) is 25.3 Å². The summed E-state index contributed by atoms with van der Waals surface area (Å²) in [6.45, 7) is 12.8. The van der Waals surface area contributed by atoms with Gasteiger partial charge in [-0.05, 0) is 6.42 Å². The molecule has 1 rings (SSSR count). The lowest BCUT2D eigenvalue weighted by Gasteiger charge is -2.28. The Bertz CT molecular complexity index is 207. The Morgan fingerprint density at radius 3 is 2.12 bits per heavy atom. The van der Waals surface area contributed by atoms with Gasteiger partial charge >= 0.3 is 0 Å². The Balaban J connectivity index is 2.31. The van der Waals surface area contributed by atoms with Crippen molar-refractivity contribution in [3.8, 4) is 0 Å². The summed E-state index contributed by atoms with van der Waals surface area (Å²) in [4.78, 5) is 0. The van der Waals surface area contributed by atoms with Crippen LogP contribution in [0.3, 0.4) is 0 Å². The van der Waals surface area contributed by atoms with Gasteiger partial charge in [0.25, 0.3) is 0 Å². The highest BCUT2D eigenvalue weighted by Gasteiger charge is 2.34. The summed E-state index contributed by atoms with van der Waals surface area (Å²) < 4.78 is 16.3. The highest BCUT2D eigenvalue weighted by Crippen LogP contribution is 2.30. The van der Waals surface area contributed by atoms with Crippen molar-refractivity contribution in [2.45, 2.75) is 19.4 Å². The van der Waals surface area contributed by atoms with Gasteiger partial charge in [-0.3, -0.25) is 0 Å². The van der Waals surface area contributed by atoms with Gasteiger partial charge < -0.3 is 14.2 Å². The van der Waals surface area contributed by atoms with Crippen molar-refractivity contribution in [3.63, 3.8) is 0 Å². The number of hydrogen-bond donors (Lipinski definition) is 0. The van der Waals surface area contributed by atoms with Crippen LogP contribution in [0.5, 0.6) is 0 Å². The zero-order valence-corrected chi connectivity index (χ0v) is 10.1. The van der Waals surface area contributed by atoms with Gasteiger partial charge in [0.15, 0.2) is 0 Å². The minimum absolute atomic E-state index is 0.0210. The van der Waals surface area contributed by atoms with E-state index < -0.39 is 0 Å². The Hall–Kier alpha value is -0.640. The molecule has 1 aliphatic heterocycles. The first kappa shape index (κ1) is 13.4. The van der Waals surface area contributed by atoms with Crippen molar-refractivity contribution in [2.24, 2.45) is 5.41 Å². The lowest BCUT2D eigenvalue weighted by molar-refractivity contribution is -0.00676. The van der Waals surface area contributed by atoms with E-state index in [2.05, 4.69) is 20.1 Å². The molecule has 0 aromatic heterocycles. The molecule has 1 heterocycles. The van der Waals surface area contributed by atoms with Crippen LogP contribution in [0.25, 0.3) is 0 Å². The van der Waals surface area contributed by atoms with Crippen molar-refractivity contribution in [2.75, 3.05) is 33.0 Å². The van der Waals surface area contributed by atoms with Crippen molar-refractivity contribution < 1.29 is 14.2 Å². The van der Waals surface area contributed by atoms with Crippen molar-refractivity contribution in [1.29, 1.82) is 0 Å². The topological polar surface area (TPSA) is 31.0 Å². The van der Waals surface area contributed by atoms with Crippen LogP contribution < -0.4 is 0 Å². The summed E-state index contributed by atoms with van der Waals surface area (Å²) >= 11 is 0. The van der Waals surface area contributed by atoms with E-state index in [0.29, 0.717) is 32.5 Å². The molecule has 0 radical (unpaired) electrons. The fraction of sp³-hybridized carbons (Fsp3) is 0.692. The molecular weight excluding hydrogens is 204 g/mol. The number of hydrogen-bond acceptors (Lipinski definition) is 3. The molecule has 0 spiro atoms. The molecule has 0 aliphatic carbocycles. The van der Waals surface area contributed by atoms with Crippen LogP contribution in [-0.4, -0.2) is 39.1 Å². The number of rotatable bonds is 10. The van der Waals surface area contributed by atoms with Crippen LogP contribution in [0.4, 0.5) is 0 Å². The monoisotopic (exact) mass is 226 g/mol. The molecule has 92 valence electrons. The van der Waals surface area contributed by atoms with Gasteiger partial charge in [0, 0.05) is 5.41 Å². The first-order valence-corrected chi connectivity index (χ1v) is 5.69. The summed E-state index contributed by atoms with van der Waals surface area (Å²) in [6.07, 6.45) is 4.91. The Morgan fingerprint density at radius 1 is 1.25 bits per heavy atom. The maximum atomic E-state index is 5.53. The molecule has 0 bridgehead atoms. The quantitative estimate of drug-likeness (QED) is 0.325. The largest absolute Gasteiger partial charge is 0.377 e. The fourth-order valence-electron chi connectivity index (χ4n) is 1.67. The molecule has 0 aromatic rings. The van der Waals surface area contributed by atoms with Crippen molar-refractivity contribution in [1.82, 2.24) is 0 Å². The van der Waals surface area contributed by atoms with Gasteiger partial charge in [-0.1, -0.05) is 19.1 Å². The molecule has 1 aliphatic rings. The normalized spacial score (nSPS) is 19.4. The average Bonchev–Trinajstić information content (AvgIpc) is 3.02. The first-order chi connectivity index (χ1) is 7.70. The van der Waals surface area contributed by atoms with Gasteiger partial charge in [0.05, 0.1) is 39.1 Å². The molecule has 3 nitrogen and oxygen atoms in total. The van der Waals surface area contributed by atoms with Crippen LogP contribution in [0.1, 0.15) is 13.3 Å². The highest BCUT2D eigenvalue weighted by atomic mass is 16.6. The predicted octanol–water partition coefficient (Wildman–Crippen LogP) is 2.19. The van der Waals surface area contributed by atoms with Crippen LogP contribution in [0.2, 0.25) is 0 Å². The second-order valence-electron chi connectivity index (χ2n) is 4.58. The number of ether oxygens (including phenoxy) is 3. The van der Waals surface area contributed by atoms with Gasteiger partial charge in [-0.2, -0.15) is 0 Å². The van der Waals surface area contributed by atoms with Gasteiger partial charge in [0.1, 0.15) is 0 Å². The molecule has 16 heavy (non-hydrogen) atoms. The smallest absolute Gasteiger partial charge is 0.0816 e. The van der Waals surface area contributed by atoms with Crippen LogP contribution >= 0.6 is 0 Å². The molecule has 0 N–H and O–H groups in total. The molecule has 0 amide bonds. The van der Waals surface area contributed by atoms with E-state index in [1.165, 1.54) is 0 Å². The predicted molar refractivity (Wildman–Crippen MR) is 64.5 cm³/mol. The van der Waals surface area contributed by atoms with Gasteiger partial charge in [-0.15, -0.1) is 13.2 Å². The summed E-state index contributed by atoms with van der Waals surface area (Å²) in [5.41, 5.74) is 0.0210. The van der Waals surface area contributed by atoms with E-state index >= 15 is 0 Å². The van der Waals surface area contributed by atoms with E-state index in [4.69, 9.17) is 14.2 Å².